The van der Waals surface area contributed by atoms with Gasteiger partial charge in [-0.2, -0.15) is 0 Å². The largest absolute Gasteiger partial charge is 0.313 e. The van der Waals surface area contributed by atoms with Crippen molar-refractivity contribution in [3.05, 3.63) is 0 Å². The van der Waals surface area contributed by atoms with Crippen LogP contribution < -0.4 is 5.32 Å². The maximum Gasteiger partial charge on any atom is 0.0195 e. The van der Waals surface area contributed by atoms with Crippen molar-refractivity contribution < 1.29 is 0 Å². The van der Waals surface area contributed by atoms with Crippen molar-refractivity contribution >= 4 is 0 Å². The van der Waals surface area contributed by atoms with Gasteiger partial charge >= 0.3 is 0 Å². The maximum atomic E-state index is 3.93. The molecule has 0 radical (unpaired) electrons. The summed E-state index contributed by atoms with van der Waals surface area (Å²) in [6.07, 6.45) is 49.3. The van der Waals surface area contributed by atoms with E-state index < -0.39 is 0 Å². The molecule has 0 amide bonds. The molecule has 0 saturated carbocycles. The van der Waals surface area contributed by atoms with Crippen molar-refractivity contribution in [2.24, 2.45) is 82.9 Å². The lowest BCUT2D eigenvalue weighted by Crippen LogP contribution is -2.38. The van der Waals surface area contributed by atoms with Crippen molar-refractivity contribution in [3.63, 3.8) is 0 Å². The molecule has 0 aromatic heterocycles. The monoisotopic (exact) mass is 997 g/mol. The Morgan fingerprint density at radius 3 is 0.690 bits per heavy atom. The Balaban J connectivity index is 3.16. The van der Waals surface area contributed by atoms with E-state index in [1.165, 1.54) is 244 Å². The first-order chi connectivity index (χ1) is 33.8. The lowest BCUT2D eigenvalue weighted by atomic mass is 9.83. The molecule has 0 aromatic rings. The molecule has 1 N–H and O–H groups in total. The van der Waals surface area contributed by atoms with Gasteiger partial charge in [-0.05, 0) is 141 Å². The molecule has 1 aliphatic rings. The van der Waals surface area contributed by atoms with E-state index in [1.807, 2.05) is 0 Å². The maximum absolute atomic E-state index is 3.93. The van der Waals surface area contributed by atoms with Gasteiger partial charge < -0.3 is 10.2 Å². The minimum Gasteiger partial charge on any atom is -0.313 e. The van der Waals surface area contributed by atoms with Crippen LogP contribution in [-0.2, 0) is 0 Å². The molecule has 0 aromatic carbocycles. The molecule has 1 heterocycles. The molecule has 2 heteroatoms. The minimum atomic E-state index is 0.714. The minimum absolute atomic E-state index is 0.714. The van der Waals surface area contributed by atoms with E-state index in [2.05, 4.69) is 121 Å². The molecule has 0 aliphatic carbocycles. The van der Waals surface area contributed by atoms with E-state index in [0.29, 0.717) is 6.04 Å². The summed E-state index contributed by atoms with van der Waals surface area (Å²) < 4.78 is 0. The molecule has 0 unspecified atom stereocenters. The van der Waals surface area contributed by atoms with Crippen LogP contribution in [0.5, 0.6) is 0 Å². The van der Waals surface area contributed by atoms with E-state index in [4.69, 9.17) is 0 Å². The topological polar surface area (TPSA) is 15.3 Å². The number of hydrogen-bond acceptors (Lipinski definition) is 2. The second-order valence-electron chi connectivity index (χ2n) is 29.1. The van der Waals surface area contributed by atoms with E-state index in [-0.39, 0.29) is 0 Å². The Labute approximate surface area is 452 Å². The SMILES string of the molecule is CC(C)CCC(CCCC(CCCC(CCC(C)C)CCC(C)C)CCCN(CCCC(CCCC(CCC(C)C)CCC(C)C)CCCC(CCC(C)C)CCC(C)C)C[C@@H]1CCCN1)CCC(C)C. The first-order valence-corrected chi connectivity index (χ1v) is 33.3. The molecular formula is C69H140N2. The Kier molecular flexibility index (Phi) is 42.7. The number of rotatable bonds is 50. The van der Waals surface area contributed by atoms with Crippen LogP contribution in [-0.4, -0.2) is 37.1 Å². The number of nitrogens with zero attached hydrogens (tertiary/aromatic N) is 1. The second kappa shape index (κ2) is 44.0. The van der Waals surface area contributed by atoms with E-state index in [1.54, 1.807) is 0 Å². The van der Waals surface area contributed by atoms with Crippen LogP contribution in [0, 0.1) is 82.9 Å². The summed E-state index contributed by atoms with van der Waals surface area (Å²) in [6.45, 7) is 44.2. The Bertz CT molecular complexity index is 918. The van der Waals surface area contributed by atoms with Crippen molar-refractivity contribution in [2.75, 3.05) is 26.2 Å². The van der Waals surface area contributed by atoms with Gasteiger partial charge in [0.15, 0.2) is 0 Å². The van der Waals surface area contributed by atoms with Crippen molar-refractivity contribution in [3.8, 4) is 0 Å². The fraction of sp³-hybridized carbons (Fsp3) is 1.00. The third-order valence-corrected chi connectivity index (χ3v) is 17.9. The first-order valence-electron chi connectivity index (χ1n) is 33.3. The molecular weight excluding hydrogens is 857 g/mol. The average molecular weight is 998 g/mol. The van der Waals surface area contributed by atoms with Gasteiger partial charge in [0.25, 0.3) is 0 Å². The fourth-order valence-corrected chi connectivity index (χ4v) is 12.7. The van der Waals surface area contributed by atoms with E-state index in [9.17, 15) is 0 Å². The summed E-state index contributed by atoms with van der Waals surface area (Å²) in [5.74, 6) is 12.3. The van der Waals surface area contributed by atoms with Gasteiger partial charge in [-0.3, -0.25) is 0 Å². The zero-order chi connectivity index (χ0) is 52.8. The van der Waals surface area contributed by atoms with Crippen LogP contribution in [0.15, 0.2) is 0 Å². The van der Waals surface area contributed by atoms with Crippen molar-refractivity contribution in [1.82, 2.24) is 10.2 Å². The molecule has 1 rings (SSSR count). The van der Waals surface area contributed by atoms with Gasteiger partial charge in [-0.15, -0.1) is 0 Å². The fourth-order valence-electron chi connectivity index (χ4n) is 12.7. The van der Waals surface area contributed by atoms with Crippen LogP contribution >= 0.6 is 0 Å². The Morgan fingerprint density at radius 1 is 0.282 bits per heavy atom. The average Bonchev–Trinajstić information content (AvgIpc) is 3.81. The predicted octanol–water partition coefficient (Wildman–Crippen LogP) is 22.5. The zero-order valence-corrected chi connectivity index (χ0v) is 52.5. The normalized spacial score (nSPS) is 15.2. The van der Waals surface area contributed by atoms with Crippen LogP contribution in [0.4, 0.5) is 0 Å². The molecule has 1 fully saturated rings. The smallest absolute Gasteiger partial charge is 0.0195 e. The van der Waals surface area contributed by atoms with Gasteiger partial charge in [0.2, 0.25) is 0 Å². The van der Waals surface area contributed by atoms with E-state index >= 15 is 0 Å². The Hall–Kier alpha value is -0.0800. The highest BCUT2D eigenvalue weighted by molar-refractivity contribution is 4.79. The molecule has 71 heavy (non-hydrogen) atoms. The molecule has 0 bridgehead atoms. The van der Waals surface area contributed by atoms with Crippen molar-refractivity contribution in [1.29, 1.82) is 0 Å². The van der Waals surface area contributed by atoms with Crippen LogP contribution in [0.25, 0.3) is 0 Å². The molecule has 1 atom stereocenters. The first kappa shape index (κ1) is 68.9. The lowest BCUT2D eigenvalue weighted by molar-refractivity contribution is 0.220. The summed E-state index contributed by atoms with van der Waals surface area (Å²) in [5.41, 5.74) is 0. The summed E-state index contributed by atoms with van der Waals surface area (Å²) in [4.78, 5) is 2.99. The molecule has 0 spiro atoms. The van der Waals surface area contributed by atoms with Gasteiger partial charge in [-0.1, -0.05) is 291 Å². The molecule has 1 aliphatic heterocycles. The zero-order valence-electron chi connectivity index (χ0n) is 52.5. The third kappa shape index (κ3) is 42.7. The Morgan fingerprint density at radius 2 is 0.493 bits per heavy atom. The number of hydrogen-bond donors (Lipinski definition) is 1. The summed E-state index contributed by atoms with van der Waals surface area (Å²) in [7, 11) is 0. The summed E-state index contributed by atoms with van der Waals surface area (Å²) >= 11 is 0. The quantitative estimate of drug-likeness (QED) is 0.0653. The van der Waals surface area contributed by atoms with Gasteiger partial charge in [0.1, 0.15) is 0 Å². The molecule has 1 saturated heterocycles. The highest BCUT2D eigenvalue weighted by Gasteiger charge is 2.22. The van der Waals surface area contributed by atoms with E-state index in [0.717, 1.165) is 82.9 Å². The predicted molar refractivity (Wildman–Crippen MR) is 325 cm³/mol. The highest BCUT2D eigenvalue weighted by Crippen LogP contribution is 2.33. The van der Waals surface area contributed by atoms with Crippen LogP contribution in [0.3, 0.4) is 0 Å². The molecule has 426 valence electrons. The highest BCUT2D eigenvalue weighted by atomic mass is 15.1. The van der Waals surface area contributed by atoms with Gasteiger partial charge in [-0.25, -0.2) is 0 Å². The second-order valence-corrected chi connectivity index (χ2v) is 29.1. The summed E-state index contributed by atoms with van der Waals surface area (Å²) in [6, 6.07) is 0.714. The van der Waals surface area contributed by atoms with Crippen molar-refractivity contribution in [2.45, 2.75) is 335 Å². The standard InChI is InChI=1S/C69H140N2/c1-55(2)35-43-65(44-36-56(3)4)28-17-24-63(25-18-29-66(45-37-57(5)6)46-38-58(7)8)32-22-52-71(54-69-34-21-51-70-69)53-23-33-64(26-19-30-67(47-39-59(9)10)48-40-60(11)12)27-20-31-68(49-41-61(13)14)50-42-62(15)16/h55-70H,17-54H2,1-16H3/t69-/m0/s1. The van der Waals surface area contributed by atoms with Crippen LogP contribution in [0.1, 0.15) is 329 Å². The van der Waals surface area contributed by atoms with Gasteiger partial charge in [0, 0.05) is 12.6 Å². The third-order valence-electron chi connectivity index (χ3n) is 17.9. The van der Waals surface area contributed by atoms with Crippen LogP contribution in [0.2, 0.25) is 0 Å². The lowest BCUT2D eigenvalue weighted by Gasteiger charge is -2.28. The van der Waals surface area contributed by atoms with Gasteiger partial charge in [0.05, 0.1) is 0 Å². The summed E-state index contributed by atoms with van der Waals surface area (Å²) in [5, 5.41) is 3.93. The number of nitrogens with one attached hydrogen (secondary N) is 1. The molecule has 2 nitrogen and oxygen atoms in total.